The molecule has 0 saturated carbocycles. The molecule has 3 rings (SSSR count). The molecule has 0 aliphatic carbocycles. The van der Waals surface area contributed by atoms with Crippen LogP contribution >= 0.6 is 12.4 Å². The Hall–Kier alpha value is -2.20. The van der Waals surface area contributed by atoms with Crippen molar-refractivity contribution < 1.29 is 9.59 Å². The summed E-state index contributed by atoms with van der Waals surface area (Å²) in [6.45, 7) is 0.399. The molecule has 0 atom stereocenters. The molecule has 1 aliphatic rings. The lowest BCUT2D eigenvalue weighted by atomic mass is 10.1. The van der Waals surface area contributed by atoms with E-state index in [0.717, 1.165) is 5.56 Å². The van der Waals surface area contributed by atoms with E-state index in [1.54, 1.807) is 36.7 Å². The molecule has 2 amide bonds. The largest absolute Gasteiger partial charge is 0.274 e. The zero-order valence-corrected chi connectivity index (χ0v) is 11.5. The van der Waals surface area contributed by atoms with Gasteiger partial charge in [-0.3, -0.25) is 19.5 Å². The van der Waals surface area contributed by atoms with Gasteiger partial charge in [0.2, 0.25) is 0 Å². The Balaban J connectivity index is 0.00000147. The monoisotopic (exact) mass is 288 g/mol. The van der Waals surface area contributed by atoms with Crippen molar-refractivity contribution in [3.8, 4) is 0 Å². The van der Waals surface area contributed by atoms with Gasteiger partial charge in [0.05, 0.1) is 11.1 Å². The van der Waals surface area contributed by atoms with Gasteiger partial charge in [-0.2, -0.15) is 0 Å². The Morgan fingerprint density at radius 2 is 1.45 bits per heavy atom. The summed E-state index contributed by atoms with van der Waals surface area (Å²) in [5.41, 5.74) is 2.07. The highest BCUT2D eigenvalue weighted by molar-refractivity contribution is 6.21. The number of imide groups is 1. The maximum absolute atomic E-state index is 12.1. The molecule has 1 aromatic carbocycles. The van der Waals surface area contributed by atoms with Gasteiger partial charge < -0.3 is 0 Å². The number of hydrogen-bond acceptors (Lipinski definition) is 3. The van der Waals surface area contributed by atoms with Crippen LogP contribution in [0.5, 0.6) is 0 Å². The Kier molecular flexibility index (Phi) is 4.15. The standard InChI is InChI=1S/C15H12N2O2.ClH/c18-14-12-3-1-2-4-13(12)15(19)17(14)10-7-11-5-8-16-9-6-11;/h1-6,8-9H,7,10H2;1H. The number of benzene rings is 1. The Morgan fingerprint density at radius 1 is 0.900 bits per heavy atom. The third kappa shape index (κ3) is 2.42. The summed E-state index contributed by atoms with van der Waals surface area (Å²) in [6.07, 6.45) is 4.06. The summed E-state index contributed by atoms with van der Waals surface area (Å²) in [6, 6.07) is 10.7. The van der Waals surface area contributed by atoms with E-state index in [1.807, 2.05) is 12.1 Å². The third-order valence-corrected chi connectivity index (χ3v) is 3.25. The van der Waals surface area contributed by atoms with Crippen LogP contribution in [0.3, 0.4) is 0 Å². The van der Waals surface area contributed by atoms with E-state index >= 15 is 0 Å². The number of amides is 2. The van der Waals surface area contributed by atoms with E-state index < -0.39 is 0 Å². The first-order valence-electron chi connectivity index (χ1n) is 6.11. The molecule has 102 valence electrons. The Morgan fingerprint density at radius 3 is 2.00 bits per heavy atom. The van der Waals surface area contributed by atoms with Gasteiger partial charge in [0.25, 0.3) is 11.8 Å². The van der Waals surface area contributed by atoms with Gasteiger partial charge in [0.1, 0.15) is 0 Å². The predicted octanol–water partition coefficient (Wildman–Crippen LogP) is 2.34. The van der Waals surface area contributed by atoms with Crippen LogP contribution in [0.4, 0.5) is 0 Å². The van der Waals surface area contributed by atoms with Gasteiger partial charge in [0.15, 0.2) is 0 Å². The summed E-state index contributed by atoms with van der Waals surface area (Å²) in [4.78, 5) is 29.5. The smallest absolute Gasteiger partial charge is 0.261 e. The van der Waals surface area contributed by atoms with E-state index in [2.05, 4.69) is 4.98 Å². The summed E-state index contributed by atoms with van der Waals surface area (Å²) in [5, 5.41) is 0. The normalized spacial score (nSPS) is 13.1. The van der Waals surface area contributed by atoms with Crippen molar-refractivity contribution in [1.29, 1.82) is 0 Å². The first kappa shape index (κ1) is 14.2. The van der Waals surface area contributed by atoms with Crippen molar-refractivity contribution in [2.75, 3.05) is 6.54 Å². The summed E-state index contributed by atoms with van der Waals surface area (Å²) in [7, 11) is 0. The van der Waals surface area contributed by atoms with E-state index in [4.69, 9.17) is 0 Å². The topological polar surface area (TPSA) is 50.3 Å². The van der Waals surface area contributed by atoms with Crippen molar-refractivity contribution in [2.24, 2.45) is 0 Å². The van der Waals surface area contributed by atoms with Crippen LogP contribution < -0.4 is 0 Å². The fourth-order valence-electron chi connectivity index (χ4n) is 2.23. The molecule has 0 saturated heterocycles. The Labute approximate surface area is 122 Å². The van der Waals surface area contributed by atoms with Crippen LogP contribution in [0.25, 0.3) is 0 Å². The highest BCUT2D eigenvalue weighted by atomic mass is 35.5. The molecule has 4 nitrogen and oxygen atoms in total. The van der Waals surface area contributed by atoms with Crippen molar-refractivity contribution in [1.82, 2.24) is 9.88 Å². The fourth-order valence-corrected chi connectivity index (χ4v) is 2.23. The van der Waals surface area contributed by atoms with Gasteiger partial charge in [-0.1, -0.05) is 12.1 Å². The van der Waals surface area contributed by atoms with E-state index in [-0.39, 0.29) is 24.2 Å². The first-order chi connectivity index (χ1) is 9.27. The number of fused-ring (bicyclic) bond motifs is 1. The second-order valence-corrected chi connectivity index (χ2v) is 4.41. The van der Waals surface area contributed by atoms with Crippen LogP contribution in [0.1, 0.15) is 26.3 Å². The number of pyridine rings is 1. The second kappa shape index (κ2) is 5.84. The molecule has 20 heavy (non-hydrogen) atoms. The molecule has 5 heteroatoms. The third-order valence-electron chi connectivity index (χ3n) is 3.25. The number of carbonyl (C=O) groups is 2. The lowest BCUT2D eigenvalue weighted by Gasteiger charge is -2.13. The second-order valence-electron chi connectivity index (χ2n) is 4.41. The number of rotatable bonds is 3. The maximum Gasteiger partial charge on any atom is 0.261 e. The van der Waals surface area contributed by atoms with E-state index in [0.29, 0.717) is 24.1 Å². The number of halogens is 1. The highest BCUT2D eigenvalue weighted by Crippen LogP contribution is 2.22. The van der Waals surface area contributed by atoms with E-state index in [9.17, 15) is 9.59 Å². The van der Waals surface area contributed by atoms with Crippen molar-refractivity contribution in [3.63, 3.8) is 0 Å². The van der Waals surface area contributed by atoms with Crippen LogP contribution in [0.15, 0.2) is 48.8 Å². The summed E-state index contributed by atoms with van der Waals surface area (Å²) >= 11 is 0. The summed E-state index contributed by atoms with van der Waals surface area (Å²) < 4.78 is 0. The molecule has 0 N–H and O–H groups in total. The van der Waals surface area contributed by atoms with Gasteiger partial charge in [-0.25, -0.2) is 0 Å². The van der Waals surface area contributed by atoms with Gasteiger partial charge in [-0.05, 0) is 36.2 Å². The van der Waals surface area contributed by atoms with Crippen molar-refractivity contribution in [2.45, 2.75) is 6.42 Å². The minimum absolute atomic E-state index is 0. The van der Waals surface area contributed by atoms with E-state index in [1.165, 1.54) is 4.90 Å². The van der Waals surface area contributed by atoms with Crippen LogP contribution in [0, 0.1) is 0 Å². The maximum atomic E-state index is 12.1. The molecule has 2 aromatic rings. The molecule has 2 heterocycles. The molecular formula is C15H13ClN2O2. The van der Waals surface area contributed by atoms with Crippen molar-refractivity contribution in [3.05, 3.63) is 65.5 Å². The zero-order valence-electron chi connectivity index (χ0n) is 10.7. The van der Waals surface area contributed by atoms with Gasteiger partial charge >= 0.3 is 0 Å². The molecule has 1 aromatic heterocycles. The predicted molar refractivity (Wildman–Crippen MR) is 77.0 cm³/mol. The van der Waals surface area contributed by atoms with Gasteiger partial charge in [0, 0.05) is 18.9 Å². The Bertz CT molecular complexity index is 608. The number of nitrogens with zero attached hydrogens (tertiary/aromatic N) is 2. The molecule has 0 unspecified atom stereocenters. The molecule has 0 fully saturated rings. The zero-order chi connectivity index (χ0) is 13.2. The molecule has 0 radical (unpaired) electrons. The van der Waals surface area contributed by atoms with Crippen LogP contribution in [0.2, 0.25) is 0 Å². The summed E-state index contributed by atoms with van der Waals surface area (Å²) in [5.74, 6) is -0.399. The highest BCUT2D eigenvalue weighted by Gasteiger charge is 2.34. The van der Waals surface area contributed by atoms with Crippen molar-refractivity contribution >= 4 is 24.2 Å². The molecular weight excluding hydrogens is 276 g/mol. The first-order valence-corrected chi connectivity index (χ1v) is 6.11. The number of carbonyl (C=O) groups excluding carboxylic acids is 2. The average molecular weight is 289 g/mol. The fraction of sp³-hybridized carbons (Fsp3) is 0.133. The lowest BCUT2D eigenvalue weighted by Crippen LogP contribution is -2.31. The van der Waals surface area contributed by atoms with Crippen LogP contribution in [-0.4, -0.2) is 28.2 Å². The van der Waals surface area contributed by atoms with Gasteiger partial charge in [-0.15, -0.1) is 12.4 Å². The lowest BCUT2D eigenvalue weighted by molar-refractivity contribution is 0.0656. The SMILES string of the molecule is Cl.O=C1c2ccccc2C(=O)N1CCc1ccncc1. The van der Waals surface area contributed by atoms with Crippen LogP contribution in [-0.2, 0) is 6.42 Å². The quantitative estimate of drug-likeness (QED) is 0.815. The minimum Gasteiger partial charge on any atom is -0.274 e. The average Bonchev–Trinajstić information content (AvgIpc) is 2.71. The number of hydrogen-bond donors (Lipinski definition) is 0. The molecule has 1 aliphatic heterocycles. The minimum atomic E-state index is -0.199. The number of aromatic nitrogens is 1. The molecule has 0 bridgehead atoms. The molecule has 0 spiro atoms.